The molecular formula is C12H8F2N2O3. The fourth-order valence-electron chi connectivity index (χ4n) is 1.52. The zero-order valence-electron chi connectivity index (χ0n) is 9.48. The Balaban J connectivity index is 2.31. The lowest BCUT2D eigenvalue weighted by Gasteiger charge is -2.03. The minimum absolute atomic E-state index is 0.0682. The van der Waals surface area contributed by atoms with Crippen molar-refractivity contribution in [3.05, 3.63) is 63.3 Å². The molecule has 19 heavy (non-hydrogen) atoms. The molecule has 0 saturated heterocycles. The van der Waals surface area contributed by atoms with Gasteiger partial charge in [-0.3, -0.25) is 4.79 Å². The van der Waals surface area contributed by atoms with Crippen LogP contribution >= 0.6 is 0 Å². The van der Waals surface area contributed by atoms with Gasteiger partial charge in [-0.05, 0) is 11.6 Å². The maximum Gasteiger partial charge on any atom is 0.342 e. The first kappa shape index (κ1) is 12.9. The van der Waals surface area contributed by atoms with Crippen molar-refractivity contribution in [1.29, 1.82) is 0 Å². The van der Waals surface area contributed by atoms with Crippen molar-refractivity contribution in [2.45, 2.75) is 6.42 Å². The summed E-state index contributed by atoms with van der Waals surface area (Å²) in [6, 6.07) is 3.04. The molecule has 5 nitrogen and oxygen atoms in total. The predicted molar refractivity (Wildman–Crippen MR) is 61.0 cm³/mol. The number of aromatic carboxylic acids is 1. The quantitative estimate of drug-likeness (QED) is 0.878. The first-order valence-corrected chi connectivity index (χ1v) is 5.23. The van der Waals surface area contributed by atoms with Crippen molar-refractivity contribution in [3.63, 3.8) is 0 Å². The van der Waals surface area contributed by atoms with Crippen LogP contribution in [0.4, 0.5) is 8.78 Å². The number of hydrogen-bond donors (Lipinski definition) is 2. The standard InChI is InChI=1S/C12H8F2N2O3/c13-7-2-1-6(9(14)4-7)3-10-15-5-8(12(18)19)11(17)16-10/h1-2,4-5H,3H2,(H,18,19)(H,15,16,17). The van der Waals surface area contributed by atoms with E-state index in [1.165, 1.54) is 6.07 Å². The average molecular weight is 266 g/mol. The van der Waals surface area contributed by atoms with E-state index in [1.807, 2.05) is 0 Å². The minimum atomic E-state index is -1.40. The first-order chi connectivity index (χ1) is 8.97. The Morgan fingerprint density at radius 1 is 1.37 bits per heavy atom. The van der Waals surface area contributed by atoms with Crippen molar-refractivity contribution in [3.8, 4) is 0 Å². The highest BCUT2D eigenvalue weighted by Crippen LogP contribution is 2.12. The fraction of sp³-hybridized carbons (Fsp3) is 0.0833. The lowest BCUT2D eigenvalue weighted by atomic mass is 10.1. The molecule has 0 unspecified atom stereocenters. The molecule has 98 valence electrons. The van der Waals surface area contributed by atoms with E-state index in [0.717, 1.165) is 18.3 Å². The lowest BCUT2D eigenvalue weighted by molar-refractivity contribution is 0.0694. The summed E-state index contributed by atoms with van der Waals surface area (Å²) < 4.78 is 26.1. The highest BCUT2D eigenvalue weighted by molar-refractivity contribution is 5.86. The van der Waals surface area contributed by atoms with Gasteiger partial charge in [0.05, 0.1) is 0 Å². The molecule has 0 amide bonds. The molecule has 2 N–H and O–H groups in total. The molecule has 1 heterocycles. The molecule has 0 radical (unpaired) electrons. The van der Waals surface area contributed by atoms with Crippen molar-refractivity contribution in [2.24, 2.45) is 0 Å². The van der Waals surface area contributed by atoms with E-state index in [1.54, 1.807) is 0 Å². The van der Waals surface area contributed by atoms with Crippen LogP contribution < -0.4 is 5.56 Å². The summed E-state index contributed by atoms with van der Waals surface area (Å²) in [6.45, 7) is 0. The van der Waals surface area contributed by atoms with Gasteiger partial charge in [0.25, 0.3) is 5.56 Å². The predicted octanol–water partition coefficient (Wildman–Crippen LogP) is 1.34. The SMILES string of the molecule is O=C(O)c1cnc(Cc2ccc(F)cc2F)[nH]c1=O. The van der Waals surface area contributed by atoms with E-state index >= 15 is 0 Å². The number of carbonyl (C=O) groups is 1. The summed E-state index contributed by atoms with van der Waals surface area (Å²) in [5.74, 6) is -2.76. The van der Waals surface area contributed by atoms with E-state index in [-0.39, 0.29) is 17.8 Å². The fourth-order valence-corrected chi connectivity index (χ4v) is 1.52. The van der Waals surface area contributed by atoms with Crippen LogP contribution in [0, 0.1) is 11.6 Å². The van der Waals surface area contributed by atoms with E-state index in [0.29, 0.717) is 0 Å². The van der Waals surface area contributed by atoms with E-state index < -0.39 is 28.7 Å². The Bertz CT molecular complexity index is 698. The van der Waals surface area contributed by atoms with Crippen LogP contribution in [-0.2, 0) is 6.42 Å². The first-order valence-electron chi connectivity index (χ1n) is 5.23. The normalized spacial score (nSPS) is 10.4. The molecule has 1 aromatic heterocycles. The van der Waals surface area contributed by atoms with Crippen molar-refractivity contribution in [1.82, 2.24) is 9.97 Å². The smallest absolute Gasteiger partial charge is 0.342 e. The van der Waals surface area contributed by atoms with Gasteiger partial charge in [-0.2, -0.15) is 0 Å². The van der Waals surface area contributed by atoms with Crippen LogP contribution in [0.2, 0.25) is 0 Å². The third kappa shape index (κ3) is 2.82. The van der Waals surface area contributed by atoms with Crippen LogP contribution in [0.15, 0.2) is 29.2 Å². The number of aromatic nitrogens is 2. The minimum Gasteiger partial charge on any atom is -0.477 e. The summed E-state index contributed by atoms with van der Waals surface area (Å²) in [4.78, 5) is 28.0. The summed E-state index contributed by atoms with van der Waals surface area (Å²) in [5, 5.41) is 8.66. The number of hydrogen-bond acceptors (Lipinski definition) is 3. The van der Waals surface area contributed by atoms with Gasteiger partial charge in [0.2, 0.25) is 0 Å². The van der Waals surface area contributed by atoms with Gasteiger partial charge in [-0.15, -0.1) is 0 Å². The molecule has 7 heteroatoms. The van der Waals surface area contributed by atoms with E-state index in [9.17, 15) is 18.4 Å². The molecular weight excluding hydrogens is 258 g/mol. The highest BCUT2D eigenvalue weighted by atomic mass is 19.1. The average Bonchev–Trinajstić information content (AvgIpc) is 2.32. The van der Waals surface area contributed by atoms with Gasteiger partial charge >= 0.3 is 5.97 Å². The number of halogens is 2. The maximum absolute atomic E-state index is 13.4. The number of carboxylic acids is 1. The third-order valence-electron chi connectivity index (χ3n) is 2.46. The topological polar surface area (TPSA) is 83.0 Å². The second kappa shape index (κ2) is 4.97. The van der Waals surface area contributed by atoms with Gasteiger partial charge < -0.3 is 10.1 Å². The van der Waals surface area contributed by atoms with Gasteiger partial charge in [-0.1, -0.05) is 6.07 Å². The Labute approximate surface area is 105 Å². The Hall–Kier alpha value is -2.57. The summed E-state index contributed by atoms with van der Waals surface area (Å²) in [7, 11) is 0. The largest absolute Gasteiger partial charge is 0.477 e. The van der Waals surface area contributed by atoms with E-state index in [2.05, 4.69) is 9.97 Å². The Kier molecular flexibility index (Phi) is 3.37. The molecule has 0 fully saturated rings. The molecule has 2 rings (SSSR count). The molecule has 0 aliphatic rings. The second-order valence-electron chi connectivity index (χ2n) is 3.79. The summed E-state index contributed by atoms with van der Waals surface area (Å²) in [6.07, 6.45) is 0.833. The van der Waals surface area contributed by atoms with Gasteiger partial charge in [-0.25, -0.2) is 18.6 Å². The molecule has 0 aliphatic heterocycles. The van der Waals surface area contributed by atoms with Gasteiger partial charge in [0, 0.05) is 18.7 Å². The van der Waals surface area contributed by atoms with Gasteiger partial charge in [0.1, 0.15) is 23.0 Å². The molecule has 0 atom stereocenters. The van der Waals surface area contributed by atoms with E-state index in [4.69, 9.17) is 5.11 Å². The van der Waals surface area contributed by atoms with Crippen LogP contribution in [-0.4, -0.2) is 21.0 Å². The van der Waals surface area contributed by atoms with Crippen LogP contribution in [0.1, 0.15) is 21.7 Å². The number of nitrogens with one attached hydrogen (secondary N) is 1. The molecule has 0 saturated carbocycles. The third-order valence-corrected chi connectivity index (χ3v) is 2.46. The zero-order chi connectivity index (χ0) is 14.0. The Morgan fingerprint density at radius 2 is 2.11 bits per heavy atom. The number of aromatic amines is 1. The summed E-state index contributed by atoms with van der Waals surface area (Å²) in [5.41, 5.74) is -1.17. The number of nitrogens with zero attached hydrogens (tertiary/aromatic N) is 1. The van der Waals surface area contributed by atoms with Gasteiger partial charge in [0.15, 0.2) is 0 Å². The number of rotatable bonds is 3. The van der Waals surface area contributed by atoms with Crippen molar-refractivity contribution in [2.75, 3.05) is 0 Å². The highest BCUT2D eigenvalue weighted by Gasteiger charge is 2.11. The molecule has 0 spiro atoms. The molecule has 0 bridgehead atoms. The molecule has 1 aromatic carbocycles. The monoisotopic (exact) mass is 266 g/mol. The lowest BCUT2D eigenvalue weighted by Crippen LogP contribution is -2.20. The molecule has 0 aliphatic carbocycles. The summed E-state index contributed by atoms with van der Waals surface area (Å²) >= 11 is 0. The number of H-pyrrole nitrogens is 1. The van der Waals surface area contributed by atoms with Crippen molar-refractivity contribution >= 4 is 5.97 Å². The van der Waals surface area contributed by atoms with Crippen LogP contribution in [0.3, 0.4) is 0 Å². The number of carboxylic acid groups (broad SMARTS) is 1. The Morgan fingerprint density at radius 3 is 2.68 bits per heavy atom. The van der Waals surface area contributed by atoms with Crippen LogP contribution in [0.5, 0.6) is 0 Å². The zero-order valence-corrected chi connectivity index (χ0v) is 9.48. The van der Waals surface area contributed by atoms with Crippen LogP contribution in [0.25, 0.3) is 0 Å². The molecule has 2 aromatic rings. The maximum atomic E-state index is 13.4. The number of benzene rings is 1. The van der Waals surface area contributed by atoms with Crippen molar-refractivity contribution < 1.29 is 18.7 Å². The second-order valence-corrected chi connectivity index (χ2v) is 3.79.